The van der Waals surface area contributed by atoms with Crippen LogP contribution in [0.25, 0.3) is 0 Å². The molecule has 2 aliphatic heterocycles. The number of carbonyl (C=O) groups excluding carboxylic acids is 1. The van der Waals surface area contributed by atoms with E-state index in [2.05, 4.69) is 54.9 Å². The molecule has 0 spiro atoms. The maximum Gasteiger partial charge on any atom is 0.241 e. The van der Waals surface area contributed by atoms with Gasteiger partial charge in [-0.25, -0.2) is 0 Å². The van der Waals surface area contributed by atoms with Gasteiger partial charge in [0.15, 0.2) is 0 Å². The van der Waals surface area contributed by atoms with Crippen molar-refractivity contribution >= 4 is 5.91 Å². The van der Waals surface area contributed by atoms with E-state index >= 15 is 0 Å². The van der Waals surface area contributed by atoms with Crippen molar-refractivity contribution in [1.82, 2.24) is 20.0 Å². The molecular weight excluding hydrogens is 264 g/mol. The van der Waals surface area contributed by atoms with Crippen LogP contribution in [0.1, 0.15) is 33.6 Å². The Morgan fingerprint density at radius 1 is 1.29 bits per heavy atom. The Labute approximate surface area is 129 Å². The van der Waals surface area contributed by atoms with Crippen molar-refractivity contribution in [3.05, 3.63) is 0 Å². The van der Waals surface area contributed by atoms with Crippen molar-refractivity contribution in [2.24, 2.45) is 5.92 Å². The third-order valence-electron chi connectivity index (χ3n) is 5.28. The summed E-state index contributed by atoms with van der Waals surface area (Å²) in [5, 5.41) is 3.55. The minimum Gasteiger partial charge on any atom is -0.324 e. The average molecular weight is 296 g/mol. The zero-order valence-electron chi connectivity index (χ0n) is 14.3. The van der Waals surface area contributed by atoms with Gasteiger partial charge >= 0.3 is 0 Å². The summed E-state index contributed by atoms with van der Waals surface area (Å²) in [6.07, 6.45) is 2.22. The van der Waals surface area contributed by atoms with Crippen molar-refractivity contribution < 1.29 is 4.79 Å². The summed E-state index contributed by atoms with van der Waals surface area (Å²) < 4.78 is 0. The predicted octanol–water partition coefficient (Wildman–Crippen LogP) is 0.815. The van der Waals surface area contributed by atoms with E-state index in [4.69, 9.17) is 0 Å². The second-order valence-electron chi connectivity index (χ2n) is 6.84. The highest BCUT2D eigenvalue weighted by atomic mass is 16.2. The molecule has 1 N–H and O–H groups in total. The van der Waals surface area contributed by atoms with Crippen LogP contribution >= 0.6 is 0 Å². The highest BCUT2D eigenvalue weighted by molar-refractivity contribution is 5.84. The third kappa shape index (κ3) is 3.58. The van der Waals surface area contributed by atoms with Crippen molar-refractivity contribution in [1.29, 1.82) is 0 Å². The number of nitrogens with one attached hydrogen (secondary N) is 1. The molecule has 2 saturated heterocycles. The van der Waals surface area contributed by atoms with E-state index in [-0.39, 0.29) is 12.2 Å². The molecule has 0 aromatic heterocycles. The van der Waals surface area contributed by atoms with Crippen LogP contribution < -0.4 is 5.32 Å². The van der Waals surface area contributed by atoms with Crippen LogP contribution in [0, 0.1) is 5.92 Å². The van der Waals surface area contributed by atoms with Gasteiger partial charge in [0.25, 0.3) is 0 Å². The first-order valence-corrected chi connectivity index (χ1v) is 8.43. The molecule has 21 heavy (non-hydrogen) atoms. The monoisotopic (exact) mass is 296 g/mol. The number of amides is 1. The summed E-state index contributed by atoms with van der Waals surface area (Å²) in [6, 6.07) is 0.450. The molecule has 5 nitrogen and oxygen atoms in total. The van der Waals surface area contributed by atoms with Crippen molar-refractivity contribution in [3.63, 3.8) is 0 Å². The molecule has 2 aliphatic rings. The molecule has 4 atom stereocenters. The molecule has 2 heterocycles. The van der Waals surface area contributed by atoms with Gasteiger partial charge in [0, 0.05) is 32.2 Å². The van der Waals surface area contributed by atoms with Gasteiger partial charge in [0.2, 0.25) is 5.91 Å². The second-order valence-corrected chi connectivity index (χ2v) is 6.84. The molecule has 122 valence electrons. The number of piperazine rings is 1. The van der Waals surface area contributed by atoms with Gasteiger partial charge in [-0.05, 0) is 26.4 Å². The standard InChI is InChI=1S/C16H32N4O/c1-6-12(3)15-16(21)20(14(7-2)17-15)11-13-10-18(4)8-9-19(13)5/h12-15,17H,6-11H2,1-5H3. The van der Waals surface area contributed by atoms with Gasteiger partial charge in [-0.3, -0.25) is 15.0 Å². The van der Waals surface area contributed by atoms with E-state index in [1.54, 1.807) is 0 Å². The Kier molecular flexibility index (Phi) is 5.63. The SMILES string of the molecule is CCC(C)C1NC(CC)N(CC2CN(C)CCN2C)C1=O. The number of carbonyl (C=O) groups is 1. The van der Waals surface area contributed by atoms with Crippen LogP contribution in [-0.4, -0.2) is 79.1 Å². The zero-order chi connectivity index (χ0) is 15.6. The minimum absolute atomic E-state index is 0.00609. The van der Waals surface area contributed by atoms with Crippen molar-refractivity contribution in [2.75, 3.05) is 40.3 Å². The molecule has 2 fully saturated rings. The van der Waals surface area contributed by atoms with Crippen molar-refractivity contribution in [3.8, 4) is 0 Å². The number of hydrogen-bond acceptors (Lipinski definition) is 4. The summed E-state index contributed by atoms with van der Waals surface area (Å²) in [6.45, 7) is 10.6. The minimum atomic E-state index is 0.00609. The Hall–Kier alpha value is -0.650. The quantitative estimate of drug-likeness (QED) is 0.815. The van der Waals surface area contributed by atoms with Gasteiger partial charge in [-0.15, -0.1) is 0 Å². The fourth-order valence-corrected chi connectivity index (χ4v) is 3.43. The molecule has 0 bridgehead atoms. The molecule has 1 amide bonds. The number of nitrogens with zero attached hydrogens (tertiary/aromatic N) is 3. The number of rotatable bonds is 5. The topological polar surface area (TPSA) is 38.8 Å². The lowest BCUT2D eigenvalue weighted by molar-refractivity contribution is -0.132. The summed E-state index contributed by atoms with van der Waals surface area (Å²) >= 11 is 0. The van der Waals surface area contributed by atoms with Gasteiger partial charge in [-0.1, -0.05) is 27.2 Å². The van der Waals surface area contributed by atoms with Gasteiger partial charge in [0.05, 0.1) is 12.2 Å². The van der Waals surface area contributed by atoms with Crippen LogP contribution in [0.5, 0.6) is 0 Å². The molecule has 5 heteroatoms. The molecular formula is C16H32N4O. The number of hydrogen-bond donors (Lipinski definition) is 1. The molecule has 4 unspecified atom stereocenters. The van der Waals surface area contributed by atoms with Crippen LogP contribution in [0.4, 0.5) is 0 Å². The second kappa shape index (κ2) is 7.07. The normalized spacial score (nSPS) is 33.7. The molecule has 0 aromatic carbocycles. The van der Waals surface area contributed by atoms with Gasteiger partial charge in [0.1, 0.15) is 0 Å². The van der Waals surface area contributed by atoms with E-state index in [1.807, 2.05) is 0 Å². The Morgan fingerprint density at radius 2 is 2.00 bits per heavy atom. The van der Waals surface area contributed by atoms with Crippen molar-refractivity contribution in [2.45, 2.75) is 51.9 Å². The summed E-state index contributed by atoms with van der Waals surface area (Å²) in [5.74, 6) is 0.709. The smallest absolute Gasteiger partial charge is 0.241 e. The fourth-order valence-electron chi connectivity index (χ4n) is 3.43. The van der Waals surface area contributed by atoms with E-state index < -0.39 is 0 Å². The lowest BCUT2D eigenvalue weighted by atomic mass is 9.99. The van der Waals surface area contributed by atoms with Crippen LogP contribution in [0.15, 0.2) is 0 Å². The fraction of sp³-hybridized carbons (Fsp3) is 0.938. The first-order valence-electron chi connectivity index (χ1n) is 8.43. The largest absolute Gasteiger partial charge is 0.324 e. The lowest BCUT2D eigenvalue weighted by Crippen LogP contribution is -2.56. The molecule has 0 saturated carbocycles. The maximum atomic E-state index is 12.8. The molecule has 0 radical (unpaired) electrons. The zero-order valence-corrected chi connectivity index (χ0v) is 14.3. The molecule has 0 aromatic rings. The first-order chi connectivity index (χ1) is 9.97. The third-order valence-corrected chi connectivity index (χ3v) is 5.28. The Bertz CT molecular complexity index is 362. The van der Waals surface area contributed by atoms with E-state index in [0.717, 1.165) is 39.0 Å². The van der Waals surface area contributed by atoms with E-state index in [9.17, 15) is 4.79 Å². The molecule has 0 aliphatic carbocycles. The van der Waals surface area contributed by atoms with E-state index in [0.29, 0.717) is 17.9 Å². The first kappa shape index (κ1) is 16.7. The summed E-state index contributed by atoms with van der Waals surface area (Å²) in [4.78, 5) is 19.6. The number of likely N-dealkylation sites (N-methyl/N-ethyl adjacent to an activating group) is 2. The molecule has 2 rings (SSSR count). The van der Waals surface area contributed by atoms with Crippen LogP contribution in [-0.2, 0) is 4.79 Å². The average Bonchev–Trinajstić information content (AvgIpc) is 2.79. The predicted molar refractivity (Wildman–Crippen MR) is 86.1 cm³/mol. The van der Waals surface area contributed by atoms with Crippen LogP contribution in [0.3, 0.4) is 0 Å². The summed E-state index contributed by atoms with van der Waals surface area (Å²) in [7, 11) is 4.35. The van der Waals surface area contributed by atoms with Gasteiger partial charge < -0.3 is 9.80 Å². The highest BCUT2D eigenvalue weighted by Gasteiger charge is 2.41. The Morgan fingerprint density at radius 3 is 2.62 bits per heavy atom. The van der Waals surface area contributed by atoms with Crippen LogP contribution in [0.2, 0.25) is 0 Å². The van der Waals surface area contributed by atoms with E-state index in [1.165, 1.54) is 0 Å². The van der Waals surface area contributed by atoms with Gasteiger partial charge in [-0.2, -0.15) is 0 Å². The summed E-state index contributed by atoms with van der Waals surface area (Å²) in [5.41, 5.74) is 0. The lowest BCUT2D eigenvalue weighted by Gasteiger charge is -2.40. The maximum absolute atomic E-state index is 12.8. The Balaban J connectivity index is 2.04. The highest BCUT2D eigenvalue weighted by Crippen LogP contribution is 2.22.